The van der Waals surface area contributed by atoms with Gasteiger partial charge in [-0.3, -0.25) is 0 Å². The molecule has 8 heteroatoms. The molecule has 0 bridgehead atoms. The van der Waals surface area contributed by atoms with E-state index in [9.17, 15) is 0 Å². The number of hydrogen-bond donors (Lipinski definition) is 0. The van der Waals surface area contributed by atoms with Crippen LogP contribution in [-0.2, 0) is 12.4 Å². The number of nitrogens with zero attached hydrogens (tertiary/aromatic N) is 2. The van der Waals surface area contributed by atoms with Gasteiger partial charge in [0.2, 0.25) is 5.89 Å². The lowest BCUT2D eigenvalue weighted by Gasteiger charge is -2.11. The van der Waals surface area contributed by atoms with Crippen molar-refractivity contribution in [3.63, 3.8) is 0 Å². The largest absolute Gasteiger partial charge is 0.493 e. The molecule has 0 unspecified atom stereocenters. The van der Waals surface area contributed by atoms with Gasteiger partial charge in [0, 0.05) is 21.4 Å². The monoisotopic (exact) mass is 472 g/mol. The molecule has 0 radical (unpaired) electrons. The third-order valence-corrected chi connectivity index (χ3v) is 5.71. The molecule has 0 atom stereocenters. The summed E-state index contributed by atoms with van der Waals surface area (Å²) >= 11 is 13.5. The molecule has 31 heavy (non-hydrogen) atoms. The number of hydrogen-bond acceptors (Lipinski definition) is 6. The predicted octanol–water partition coefficient (Wildman–Crippen LogP) is 6.92. The lowest BCUT2D eigenvalue weighted by Crippen LogP contribution is -1.98. The second-order valence-corrected chi connectivity index (χ2v) is 8.38. The molecule has 0 aliphatic rings. The van der Waals surface area contributed by atoms with Gasteiger partial charge in [0.25, 0.3) is 5.22 Å². The van der Waals surface area contributed by atoms with Gasteiger partial charge in [-0.25, -0.2) is 0 Å². The van der Waals surface area contributed by atoms with E-state index in [-0.39, 0.29) is 0 Å². The van der Waals surface area contributed by atoms with Crippen molar-refractivity contribution in [1.82, 2.24) is 10.2 Å². The van der Waals surface area contributed by atoms with Crippen molar-refractivity contribution in [3.05, 3.63) is 87.9 Å². The Labute approximate surface area is 194 Å². The zero-order chi connectivity index (χ0) is 21.6. The highest BCUT2D eigenvalue weighted by Crippen LogP contribution is 2.34. The van der Waals surface area contributed by atoms with Crippen molar-refractivity contribution in [2.24, 2.45) is 0 Å². The molecular formula is C23H18Cl2N2O3S. The lowest BCUT2D eigenvalue weighted by molar-refractivity contribution is 0.284. The molecule has 1 heterocycles. The van der Waals surface area contributed by atoms with Crippen LogP contribution in [0, 0.1) is 0 Å². The summed E-state index contributed by atoms with van der Waals surface area (Å²) in [6.45, 7) is 0.376. The fourth-order valence-electron chi connectivity index (χ4n) is 2.86. The molecule has 0 saturated carbocycles. The Hall–Kier alpha value is -2.67. The van der Waals surface area contributed by atoms with E-state index in [1.54, 1.807) is 7.11 Å². The van der Waals surface area contributed by atoms with Crippen LogP contribution in [0.3, 0.4) is 0 Å². The Morgan fingerprint density at radius 3 is 2.35 bits per heavy atom. The number of rotatable bonds is 8. The zero-order valence-corrected chi connectivity index (χ0v) is 18.9. The molecular weight excluding hydrogens is 455 g/mol. The van der Waals surface area contributed by atoms with E-state index >= 15 is 0 Å². The Balaban J connectivity index is 1.43. The van der Waals surface area contributed by atoms with E-state index < -0.39 is 0 Å². The first-order valence-electron chi connectivity index (χ1n) is 9.37. The smallest absolute Gasteiger partial charge is 0.277 e. The maximum atomic E-state index is 6.03. The minimum Gasteiger partial charge on any atom is -0.493 e. The van der Waals surface area contributed by atoms with Gasteiger partial charge in [0.15, 0.2) is 11.5 Å². The Bertz CT molecular complexity index is 1180. The van der Waals surface area contributed by atoms with Gasteiger partial charge < -0.3 is 13.9 Å². The summed E-state index contributed by atoms with van der Waals surface area (Å²) in [5.74, 6) is 2.28. The highest BCUT2D eigenvalue weighted by Gasteiger charge is 2.13. The molecule has 0 amide bonds. The topological polar surface area (TPSA) is 57.4 Å². The zero-order valence-electron chi connectivity index (χ0n) is 16.5. The maximum Gasteiger partial charge on any atom is 0.277 e. The predicted molar refractivity (Wildman–Crippen MR) is 123 cm³/mol. The molecule has 4 rings (SSSR count). The van der Waals surface area contributed by atoms with E-state index in [2.05, 4.69) is 10.2 Å². The van der Waals surface area contributed by atoms with E-state index in [4.69, 9.17) is 37.1 Å². The fraction of sp³-hybridized carbons (Fsp3) is 0.130. The van der Waals surface area contributed by atoms with Crippen LogP contribution >= 0.6 is 35.0 Å². The highest BCUT2D eigenvalue weighted by atomic mass is 35.5. The van der Waals surface area contributed by atoms with Gasteiger partial charge in [0.1, 0.15) is 6.61 Å². The molecule has 0 aliphatic carbocycles. The summed E-state index contributed by atoms with van der Waals surface area (Å²) in [4.78, 5) is 0. The normalized spacial score (nSPS) is 10.8. The molecule has 0 fully saturated rings. The first kappa shape index (κ1) is 21.6. The third kappa shape index (κ3) is 5.73. The van der Waals surface area contributed by atoms with E-state index in [0.717, 1.165) is 16.7 Å². The van der Waals surface area contributed by atoms with E-state index in [1.807, 2.05) is 66.7 Å². The molecule has 5 nitrogen and oxygen atoms in total. The van der Waals surface area contributed by atoms with Crippen LogP contribution < -0.4 is 9.47 Å². The van der Waals surface area contributed by atoms with Crippen molar-refractivity contribution >= 4 is 35.0 Å². The van der Waals surface area contributed by atoms with Crippen molar-refractivity contribution < 1.29 is 13.9 Å². The molecule has 0 N–H and O–H groups in total. The van der Waals surface area contributed by atoms with E-state index in [1.165, 1.54) is 11.8 Å². The van der Waals surface area contributed by atoms with Crippen LogP contribution in [0.15, 0.2) is 76.4 Å². The Morgan fingerprint density at radius 2 is 1.61 bits per heavy atom. The summed E-state index contributed by atoms with van der Waals surface area (Å²) in [7, 11) is 1.59. The number of thioether (sulfide) groups is 1. The third-order valence-electron chi connectivity index (χ3n) is 4.35. The van der Waals surface area contributed by atoms with Crippen LogP contribution in [-0.4, -0.2) is 17.3 Å². The molecule has 0 spiro atoms. The quantitative estimate of drug-likeness (QED) is 0.259. The summed E-state index contributed by atoms with van der Waals surface area (Å²) in [6, 6.07) is 20.7. The summed E-state index contributed by atoms with van der Waals surface area (Å²) < 4.78 is 17.2. The van der Waals surface area contributed by atoms with Gasteiger partial charge >= 0.3 is 0 Å². The first-order valence-corrected chi connectivity index (χ1v) is 11.1. The van der Waals surface area contributed by atoms with Crippen molar-refractivity contribution in [2.75, 3.05) is 7.11 Å². The van der Waals surface area contributed by atoms with Gasteiger partial charge in [0.05, 0.1) is 7.11 Å². The average molecular weight is 473 g/mol. The van der Waals surface area contributed by atoms with Gasteiger partial charge in [-0.15, -0.1) is 10.2 Å². The van der Waals surface area contributed by atoms with Crippen molar-refractivity contribution in [1.29, 1.82) is 0 Å². The molecule has 158 valence electrons. The SMILES string of the molecule is COc1cc(-c2nnc(SCc3cccc(Cl)c3)o2)ccc1OCc1cccc(Cl)c1. The van der Waals surface area contributed by atoms with Crippen LogP contribution in [0.4, 0.5) is 0 Å². The molecule has 0 saturated heterocycles. The van der Waals surface area contributed by atoms with Crippen molar-refractivity contribution in [3.8, 4) is 23.0 Å². The molecule has 4 aromatic rings. The molecule has 1 aromatic heterocycles. The molecule has 0 aliphatic heterocycles. The minimum absolute atomic E-state index is 0.376. The van der Waals surface area contributed by atoms with Crippen molar-refractivity contribution in [2.45, 2.75) is 17.6 Å². The second kappa shape index (κ2) is 10.1. The maximum absolute atomic E-state index is 6.03. The summed E-state index contributed by atoms with van der Waals surface area (Å²) in [5, 5.41) is 10.1. The number of aromatic nitrogens is 2. The standard InChI is InChI=1S/C23H18Cl2N2O3S/c1-28-21-12-17(8-9-20(21)29-13-15-4-2-6-18(24)10-15)22-26-27-23(30-22)31-14-16-5-3-7-19(25)11-16/h2-12H,13-14H2,1H3. The summed E-state index contributed by atoms with van der Waals surface area (Å²) in [5.41, 5.74) is 2.80. The second-order valence-electron chi connectivity index (χ2n) is 6.58. The Morgan fingerprint density at radius 1 is 0.871 bits per heavy atom. The fourth-order valence-corrected chi connectivity index (χ4v) is 4.00. The van der Waals surface area contributed by atoms with Crippen LogP contribution in [0.1, 0.15) is 11.1 Å². The van der Waals surface area contributed by atoms with Gasteiger partial charge in [-0.05, 0) is 53.6 Å². The number of methoxy groups -OCH3 is 1. The van der Waals surface area contributed by atoms with Gasteiger partial charge in [-0.1, -0.05) is 59.2 Å². The summed E-state index contributed by atoms with van der Waals surface area (Å²) in [6.07, 6.45) is 0. The van der Waals surface area contributed by atoms with E-state index in [0.29, 0.717) is 45.0 Å². The lowest BCUT2D eigenvalue weighted by atomic mass is 10.2. The minimum atomic E-state index is 0.376. The van der Waals surface area contributed by atoms with Crippen LogP contribution in [0.5, 0.6) is 11.5 Å². The highest BCUT2D eigenvalue weighted by molar-refractivity contribution is 7.98. The number of ether oxygens (including phenoxy) is 2. The van der Waals surface area contributed by atoms with Crippen LogP contribution in [0.25, 0.3) is 11.5 Å². The van der Waals surface area contributed by atoms with Crippen LogP contribution in [0.2, 0.25) is 10.0 Å². The average Bonchev–Trinajstić information content (AvgIpc) is 3.25. The number of benzene rings is 3. The molecule has 3 aromatic carbocycles. The Kier molecular flexibility index (Phi) is 7.02. The first-order chi connectivity index (χ1) is 15.1. The number of halogens is 2. The van der Waals surface area contributed by atoms with Gasteiger partial charge in [-0.2, -0.15) is 0 Å².